The Morgan fingerprint density at radius 2 is 1.73 bits per heavy atom. The second kappa shape index (κ2) is 4.09. The molecule has 0 aliphatic carbocycles. The fourth-order valence-corrected chi connectivity index (χ4v) is 1.51. The number of hydrogen-bond donors (Lipinski definition) is 1. The van der Waals surface area contributed by atoms with Crippen molar-refractivity contribution in [3.63, 3.8) is 0 Å². The topological polar surface area (TPSA) is 30.5 Å². The molecule has 1 aliphatic rings. The van der Waals surface area contributed by atoms with E-state index in [1.54, 1.807) is 14.2 Å². The number of nitrogens with one attached hydrogen (secondary N) is 1. The summed E-state index contributed by atoms with van der Waals surface area (Å²) < 4.78 is 10.5. The molecule has 0 saturated heterocycles. The second-order valence-electron chi connectivity index (χ2n) is 3.16. The molecule has 3 nitrogen and oxygen atoms in total. The summed E-state index contributed by atoms with van der Waals surface area (Å²) in [4.78, 5) is 0. The molecule has 0 fully saturated rings. The van der Waals surface area contributed by atoms with Crippen molar-refractivity contribution in [3.05, 3.63) is 36.0 Å². The number of rotatable bonds is 2. The molecule has 0 bridgehead atoms. The predicted octanol–water partition coefficient (Wildman–Crippen LogP) is 2.66. The average molecular weight is 203 g/mol. The van der Waals surface area contributed by atoms with Crippen LogP contribution < -0.4 is 14.8 Å². The third-order valence-corrected chi connectivity index (χ3v) is 2.28. The van der Waals surface area contributed by atoms with Gasteiger partial charge in [-0.1, -0.05) is 12.2 Å². The lowest BCUT2D eigenvalue weighted by molar-refractivity contribution is 0.355. The Morgan fingerprint density at radius 1 is 1.00 bits per heavy atom. The molecule has 0 aromatic heterocycles. The highest BCUT2D eigenvalue weighted by Gasteiger charge is 2.09. The van der Waals surface area contributed by atoms with E-state index in [-0.39, 0.29) is 0 Å². The number of benzene rings is 1. The lowest BCUT2D eigenvalue weighted by Gasteiger charge is -2.12. The highest BCUT2D eigenvalue weighted by molar-refractivity contribution is 5.74. The first-order valence-corrected chi connectivity index (χ1v) is 4.71. The van der Waals surface area contributed by atoms with E-state index < -0.39 is 0 Å². The van der Waals surface area contributed by atoms with E-state index in [1.165, 1.54) is 0 Å². The Hall–Kier alpha value is -1.90. The van der Waals surface area contributed by atoms with E-state index in [4.69, 9.17) is 9.47 Å². The number of methoxy groups -OCH3 is 2. The van der Waals surface area contributed by atoms with Gasteiger partial charge in [0.2, 0.25) is 0 Å². The molecule has 1 aromatic rings. The van der Waals surface area contributed by atoms with Gasteiger partial charge in [0.25, 0.3) is 0 Å². The summed E-state index contributed by atoms with van der Waals surface area (Å²) in [7, 11) is 3.27. The molecular formula is C12H13NO2. The molecule has 1 N–H and O–H groups in total. The van der Waals surface area contributed by atoms with Gasteiger partial charge in [-0.05, 0) is 12.1 Å². The van der Waals surface area contributed by atoms with E-state index in [9.17, 15) is 0 Å². The van der Waals surface area contributed by atoms with Crippen molar-refractivity contribution in [2.24, 2.45) is 0 Å². The van der Waals surface area contributed by atoms with Crippen molar-refractivity contribution in [3.8, 4) is 11.5 Å². The Balaban J connectivity index is 2.52. The molecule has 0 saturated carbocycles. The SMILES string of the molecule is COc1cc2c(cc1OC)NC=CC=C2. The first-order chi connectivity index (χ1) is 7.35. The van der Waals surface area contributed by atoms with Gasteiger partial charge < -0.3 is 14.8 Å². The zero-order valence-electron chi connectivity index (χ0n) is 8.78. The van der Waals surface area contributed by atoms with Crippen LogP contribution in [0.2, 0.25) is 0 Å². The molecule has 0 amide bonds. The number of ether oxygens (including phenoxy) is 2. The van der Waals surface area contributed by atoms with Crippen LogP contribution in [0.5, 0.6) is 11.5 Å². The van der Waals surface area contributed by atoms with Crippen molar-refractivity contribution in [2.75, 3.05) is 19.5 Å². The van der Waals surface area contributed by atoms with Crippen LogP contribution in [0.3, 0.4) is 0 Å². The highest BCUT2D eigenvalue weighted by atomic mass is 16.5. The first kappa shape index (κ1) is 9.65. The largest absolute Gasteiger partial charge is 0.493 e. The standard InChI is InChI=1S/C12H13NO2/c1-14-11-7-9-5-3-4-6-13-10(9)8-12(11)15-2/h3-8,13H,1-2H3. The molecule has 3 heteroatoms. The van der Waals surface area contributed by atoms with Gasteiger partial charge in [0.1, 0.15) is 0 Å². The third-order valence-electron chi connectivity index (χ3n) is 2.28. The van der Waals surface area contributed by atoms with E-state index in [0.717, 1.165) is 22.7 Å². The Labute approximate surface area is 89.0 Å². The monoisotopic (exact) mass is 203 g/mol. The van der Waals surface area contributed by atoms with E-state index >= 15 is 0 Å². The third kappa shape index (κ3) is 1.81. The van der Waals surface area contributed by atoms with Crippen LogP contribution in [0.4, 0.5) is 5.69 Å². The predicted molar refractivity (Wildman–Crippen MR) is 61.3 cm³/mol. The lowest BCUT2D eigenvalue weighted by atomic mass is 10.1. The second-order valence-corrected chi connectivity index (χ2v) is 3.16. The van der Waals surface area contributed by atoms with Gasteiger partial charge in [-0.3, -0.25) is 0 Å². The smallest absolute Gasteiger partial charge is 0.162 e. The van der Waals surface area contributed by atoms with Crippen LogP contribution >= 0.6 is 0 Å². The number of fused-ring (bicyclic) bond motifs is 1. The van der Waals surface area contributed by atoms with Crippen molar-refractivity contribution in [1.29, 1.82) is 0 Å². The van der Waals surface area contributed by atoms with Crippen molar-refractivity contribution < 1.29 is 9.47 Å². The molecule has 0 spiro atoms. The molecule has 15 heavy (non-hydrogen) atoms. The molecule has 0 radical (unpaired) electrons. The Bertz CT molecular complexity index is 422. The average Bonchev–Trinajstić information content (AvgIpc) is 2.51. The van der Waals surface area contributed by atoms with Crippen LogP contribution in [-0.4, -0.2) is 14.2 Å². The summed E-state index contributed by atoms with van der Waals surface area (Å²) in [5.41, 5.74) is 2.09. The van der Waals surface area contributed by atoms with Gasteiger partial charge in [0.05, 0.1) is 14.2 Å². The van der Waals surface area contributed by atoms with Crippen molar-refractivity contribution in [1.82, 2.24) is 0 Å². The van der Waals surface area contributed by atoms with Crippen LogP contribution in [-0.2, 0) is 0 Å². The molecule has 1 aromatic carbocycles. The minimum Gasteiger partial charge on any atom is -0.493 e. The quantitative estimate of drug-likeness (QED) is 0.801. The molecule has 2 rings (SSSR count). The number of allylic oxidation sites excluding steroid dienone is 2. The highest BCUT2D eigenvalue weighted by Crippen LogP contribution is 2.34. The zero-order valence-corrected chi connectivity index (χ0v) is 8.78. The molecule has 1 aliphatic heterocycles. The van der Waals surface area contributed by atoms with E-state index in [0.29, 0.717) is 0 Å². The summed E-state index contributed by atoms with van der Waals surface area (Å²) in [5.74, 6) is 1.47. The van der Waals surface area contributed by atoms with Crippen molar-refractivity contribution >= 4 is 11.8 Å². The van der Waals surface area contributed by atoms with Crippen LogP contribution in [0.15, 0.2) is 30.5 Å². The molecule has 0 unspecified atom stereocenters. The molecule has 1 heterocycles. The maximum Gasteiger partial charge on any atom is 0.162 e. The van der Waals surface area contributed by atoms with Crippen LogP contribution in [0, 0.1) is 0 Å². The minimum absolute atomic E-state index is 0.729. The summed E-state index contributed by atoms with van der Waals surface area (Å²) in [5, 5.41) is 3.17. The number of hydrogen-bond acceptors (Lipinski definition) is 3. The molecule has 78 valence electrons. The maximum atomic E-state index is 5.24. The summed E-state index contributed by atoms with van der Waals surface area (Å²) in [6.07, 6.45) is 7.83. The fraction of sp³-hybridized carbons (Fsp3) is 0.167. The Kier molecular flexibility index (Phi) is 2.63. The molecular weight excluding hydrogens is 190 g/mol. The summed E-state index contributed by atoms with van der Waals surface area (Å²) >= 11 is 0. The summed E-state index contributed by atoms with van der Waals surface area (Å²) in [6, 6.07) is 3.87. The van der Waals surface area contributed by atoms with Gasteiger partial charge in [-0.15, -0.1) is 0 Å². The van der Waals surface area contributed by atoms with Crippen LogP contribution in [0.1, 0.15) is 5.56 Å². The van der Waals surface area contributed by atoms with E-state index in [2.05, 4.69) is 5.32 Å². The van der Waals surface area contributed by atoms with Gasteiger partial charge in [0.15, 0.2) is 11.5 Å². The van der Waals surface area contributed by atoms with Gasteiger partial charge >= 0.3 is 0 Å². The normalized spacial score (nSPS) is 12.7. The maximum absolute atomic E-state index is 5.24. The number of anilines is 1. The van der Waals surface area contributed by atoms with Gasteiger partial charge in [-0.2, -0.15) is 0 Å². The van der Waals surface area contributed by atoms with Crippen molar-refractivity contribution in [2.45, 2.75) is 0 Å². The first-order valence-electron chi connectivity index (χ1n) is 4.71. The Morgan fingerprint density at radius 3 is 2.47 bits per heavy atom. The summed E-state index contributed by atoms with van der Waals surface area (Å²) in [6.45, 7) is 0. The van der Waals surface area contributed by atoms with E-state index in [1.807, 2.05) is 36.6 Å². The van der Waals surface area contributed by atoms with Gasteiger partial charge in [0, 0.05) is 23.5 Å². The van der Waals surface area contributed by atoms with Gasteiger partial charge in [-0.25, -0.2) is 0 Å². The fourth-order valence-electron chi connectivity index (χ4n) is 1.51. The minimum atomic E-state index is 0.729. The molecule has 0 atom stereocenters. The lowest BCUT2D eigenvalue weighted by Crippen LogP contribution is -1.95. The van der Waals surface area contributed by atoms with Crippen LogP contribution in [0.25, 0.3) is 6.08 Å². The zero-order chi connectivity index (χ0) is 10.7.